The SMILES string of the molecule is COC1(C(O)c2ccc(C)c(F)c2F)CCCC1. The van der Waals surface area contributed by atoms with Crippen LogP contribution < -0.4 is 0 Å². The molecule has 1 atom stereocenters. The lowest BCUT2D eigenvalue weighted by Crippen LogP contribution is -2.36. The Hall–Kier alpha value is -1.00. The molecule has 18 heavy (non-hydrogen) atoms. The predicted octanol–water partition coefficient (Wildman–Crippen LogP) is 3.27. The summed E-state index contributed by atoms with van der Waals surface area (Å²) in [5, 5.41) is 10.3. The van der Waals surface area contributed by atoms with Crippen LogP contribution in [0.15, 0.2) is 12.1 Å². The predicted molar refractivity (Wildman–Crippen MR) is 64.3 cm³/mol. The van der Waals surface area contributed by atoms with Gasteiger partial charge in [0.25, 0.3) is 0 Å². The lowest BCUT2D eigenvalue weighted by Gasteiger charge is -2.33. The van der Waals surface area contributed by atoms with Crippen LogP contribution in [0.1, 0.15) is 42.9 Å². The summed E-state index contributed by atoms with van der Waals surface area (Å²) in [6, 6.07) is 2.92. The van der Waals surface area contributed by atoms with E-state index in [0.29, 0.717) is 12.8 Å². The molecule has 0 spiro atoms. The molecule has 1 aromatic rings. The number of hydrogen-bond donors (Lipinski definition) is 1. The molecule has 0 radical (unpaired) electrons. The van der Waals surface area contributed by atoms with Crippen LogP contribution in [-0.4, -0.2) is 17.8 Å². The zero-order valence-electron chi connectivity index (χ0n) is 10.7. The minimum absolute atomic E-state index is 0.0122. The molecule has 1 saturated carbocycles. The lowest BCUT2D eigenvalue weighted by atomic mass is 9.88. The third kappa shape index (κ3) is 2.04. The van der Waals surface area contributed by atoms with Crippen molar-refractivity contribution in [3.05, 3.63) is 34.9 Å². The van der Waals surface area contributed by atoms with E-state index in [-0.39, 0.29) is 11.1 Å². The average Bonchev–Trinajstić information content (AvgIpc) is 2.85. The molecular weight excluding hydrogens is 238 g/mol. The van der Waals surface area contributed by atoms with Gasteiger partial charge >= 0.3 is 0 Å². The van der Waals surface area contributed by atoms with Gasteiger partial charge in [0.2, 0.25) is 0 Å². The van der Waals surface area contributed by atoms with Gasteiger partial charge in [-0.15, -0.1) is 0 Å². The molecule has 0 aromatic heterocycles. The molecule has 0 heterocycles. The fraction of sp³-hybridized carbons (Fsp3) is 0.571. The van der Waals surface area contributed by atoms with E-state index in [2.05, 4.69) is 0 Å². The van der Waals surface area contributed by atoms with E-state index in [1.165, 1.54) is 26.2 Å². The first kappa shape index (κ1) is 13.4. The number of rotatable bonds is 3. The highest BCUT2D eigenvalue weighted by atomic mass is 19.2. The summed E-state index contributed by atoms with van der Waals surface area (Å²) in [5.74, 6) is -1.86. The van der Waals surface area contributed by atoms with Crippen LogP contribution in [0.3, 0.4) is 0 Å². The molecule has 1 aliphatic carbocycles. The van der Waals surface area contributed by atoms with E-state index >= 15 is 0 Å². The molecule has 0 saturated heterocycles. The Morgan fingerprint density at radius 2 is 1.83 bits per heavy atom. The van der Waals surface area contributed by atoms with Gasteiger partial charge < -0.3 is 9.84 Å². The highest BCUT2D eigenvalue weighted by Crippen LogP contribution is 2.43. The summed E-state index contributed by atoms with van der Waals surface area (Å²) in [6.07, 6.45) is 2.07. The number of hydrogen-bond acceptors (Lipinski definition) is 2. The summed E-state index contributed by atoms with van der Waals surface area (Å²) < 4.78 is 32.8. The van der Waals surface area contributed by atoms with Crippen molar-refractivity contribution < 1.29 is 18.6 Å². The van der Waals surface area contributed by atoms with Crippen molar-refractivity contribution >= 4 is 0 Å². The van der Waals surface area contributed by atoms with Crippen molar-refractivity contribution in [1.82, 2.24) is 0 Å². The van der Waals surface area contributed by atoms with Crippen LogP contribution in [0, 0.1) is 18.6 Å². The Labute approximate surface area is 106 Å². The molecule has 1 aliphatic rings. The molecule has 100 valence electrons. The summed E-state index contributed by atoms with van der Waals surface area (Å²) in [5.41, 5.74) is -0.550. The van der Waals surface area contributed by atoms with Crippen LogP contribution in [0.4, 0.5) is 8.78 Å². The van der Waals surface area contributed by atoms with Crippen LogP contribution in [0.2, 0.25) is 0 Å². The van der Waals surface area contributed by atoms with Gasteiger partial charge in [-0.05, 0) is 25.3 Å². The molecule has 1 N–H and O–H groups in total. The van der Waals surface area contributed by atoms with E-state index in [4.69, 9.17) is 4.74 Å². The summed E-state index contributed by atoms with van der Waals surface area (Å²) >= 11 is 0. The highest BCUT2D eigenvalue weighted by Gasteiger charge is 2.43. The first-order valence-electron chi connectivity index (χ1n) is 6.19. The maximum atomic E-state index is 13.9. The quantitative estimate of drug-likeness (QED) is 0.899. The maximum Gasteiger partial charge on any atom is 0.164 e. The Bertz CT molecular complexity index is 440. The molecule has 0 aliphatic heterocycles. The average molecular weight is 256 g/mol. The summed E-state index contributed by atoms with van der Waals surface area (Å²) in [7, 11) is 1.51. The Morgan fingerprint density at radius 3 is 2.39 bits per heavy atom. The summed E-state index contributed by atoms with van der Waals surface area (Å²) in [6.45, 7) is 1.50. The third-order valence-electron chi connectivity index (χ3n) is 3.95. The minimum Gasteiger partial charge on any atom is -0.385 e. The van der Waals surface area contributed by atoms with Gasteiger partial charge in [0, 0.05) is 12.7 Å². The van der Waals surface area contributed by atoms with Crippen LogP contribution in [0.25, 0.3) is 0 Å². The number of halogens is 2. The van der Waals surface area contributed by atoms with Gasteiger partial charge in [0.05, 0.1) is 5.60 Å². The van der Waals surface area contributed by atoms with Crippen molar-refractivity contribution in [3.8, 4) is 0 Å². The Morgan fingerprint density at radius 1 is 1.22 bits per heavy atom. The molecule has 1 unspecified atom stereocenters. The van der Waals surface area contributed by atoms with Crippen molar-refractivity contribution in [2.45, 2.75) is 44.3 Å². The maximum absolute atomic E-state index is 13.9. The van der Waals surface area contributed by atoms with Gasteiger partial charge in [0.15, 0.2) is 11.6 Å². The number of ether oxygens (including phenoxy) is 1. The second-order valence-corrected chi connectivity index (χ2v) is 4.98. The van der Waals surface area contributed by atoms with Crippen molar-refractivity contribution in [2.75, 3.05) is 7.11 Å². The molecule has 1 fully saturated rings. The Kier molecular flexibility index (Phi) is 3.69. The van der Waals surface area contributed by atoms with E-state index in [1.54, 1.807) is 0 Å². The fourth-order valence-electron chi connectivity index (χ4n) is 2.72. The van der Waals surface area contributed by atoms with E-state index < -0.39 is 23.3 Å². The van der Waals surface area contributed by atoms with Gasteiger partial charge in [-0.1, -0.05) is 25.0 Å². The molecule has 1 aromatic carbocycles. The first-order valence-corrected chi connectivity index (χ1v) is 6.19. The standard InChI is InChI=1S/C14H18F2O2/c1-9-5-6-10(12(16)11(9)15)13(17)14(18-2)7-3-4-8-14/h5-6,13,17H,3-4,7-8H2,1-2H3. The minimum atomic E-state index is -1.12. The van der Waals surface area contributed by atoms with Gasteiger partial charge in [-0.25, -0.2) is 8.78 Å². The zero-order chi connectivity index (χ0) is 13.3. The van der Waals surface area contributed by atoms with Crippen molar-refractivity contribution in [2.24, 2.45) is 0 Å². The van der Waals surface area contributed by atoms with Crippen molar-refractivity contribution in [3.63, 3.8) is 0 Å². The second-order valence-electron chi connectivity index (χ2n) is 4.98. The zero-order valence-corrected chi connectivity index (χ0v) is 10.7. The van der Waals surface area contributed by atoms with Gasteiger partial charge in [-0.3, -0.25) is 0 Å². The van der Waals surface area contributed by atoms with E-state index in [1.807, 2.05) is 0 Å². The van der Waals surface area contributed by atoms with E-state index in [0.717, 1.165) is 12.8 Å². The molecule has 0 amide bonds. The lowest BCUT2D eigenvalue weighted by molar-refractivity contribution is -0.101. The number of aryl methyl sites for hydroxylation is 1. The van der Waals surface area contributed by atoms with Crippen LogP contribution >= 0.6 is 0 Å². The topological polar surface area (TPSA) is 29.5 Å². The third-order valence-corrected chi connectivity index (χ3v) is 3.95. The van der Waals surface area contributed by atoms with Crippen molar-refractivity contribution in [1.29, 1.82) is 0 Å². The van der Waals surface area contributed by atoms with Crippen LogP contribution in [0.5, 0.6) is 0 Å². The number of benzene rings is 1. The first-order chi connectivity index (χ1) is 8.52. The van der Waals surface area contributed by atoms with E-state index in [9.17, 15) is 13.9 Å². The normalized spacial score (nSPS) is 20.1. The number of aliphatic hydroxyl groups excluding tert-OH is 1. The van der Waals surface area contributed by atoms with Gasteiger partial charge in [-0.2, -0.15) is 0 Å². The molecule has 2 rings (SSSR count). The van der Waals surface area contributed by atoms with Gasteiger partial charge in [0.1, 0.15) is 6.10 Å². The number of methoxy groups -OCH3 is 1. The highest BCUT2D eigenvalue weighted by molar-refractivity contribution is 5.29. The number of aliphatic hydroxyl groups is 1. The molecular formula is C14H18F2O2. The largest absolute Gasteiger partial charge is 0.385 e. The van der Waals surface area contributed by atoms with Crippen LogP contribution in [-0.2, 0) is 4.74 Å². The smallest absolute Gasteiger partial charge is 0.164 e. The Balaban J connectivity index is 2.39. The molecule has 4 heteroatoms. The molecule has 2 nitrogen and oxygen atoms in total. The summed E-state index contributed by atoms with van der Waals surface area (Å²) in [4.78, 5) is 0. The monoisotopic (exact) mass is 256 g/mol. The fourth-order valence-corrected chi connectivity index (χ4v) is 2.72. The molecule has 0 bridgehead atoms. The second kappa shape index (κ2) is 4.94.